The van der Waals surface area contributed by atoms with Crippen molar-refractivity contribution in [3.63, 3.8) is 0 Å². The number of fused-ring (bicyclic) bond motifs is 7. The summed E-state index contributed by atoms with van der Waals surface area (Å²) in [6, 6.07) is 0.124. The van der Waals surface area contributed by atoms with Crippen LogP contribution in [0.25, 0.3) is 0 Å². The van der Waals surface area contributed by atoms with Crippen LogP contribution in [0.3, 0.4) is 0 Å². The molecule has 0 aromatic heterocycles. The number of rotatable bonds is 0. The van der Waals surface area contributed by atoms with Crippen LogP contribution >= 0.6 is 0 Å². The van der Waals surface area contributed by atoms with Gasteiger partial charge in [-0.2, -0.15) is 13.2 Å². The van der Waals surface area contributed by atoms with Crippen molar-refractivity contribution in [3.8, 4) is 0 Å². The molecule has 8 atom stereocenters. The number of hydrogen-bond donors (Lipinski definition) is 4. The zero-order valence-corrected chi connectivity index (χ0v) is 16.5. The van der Waals surface area contributed by atoms with Crippen LogP contribution in [0.15, 0.2) is 0 Å². The van der Waals surface area contributed by atoms with Crippen LogP contribution in [0.4, 0.5) is 13.2 Å². The number of nitrogens with zero attached hydrogens (tertiary/aromatic N) is 1. The van der Waals surface area contributed by atoms with Crippen molar-refractivity contribution in [3.05, 3.63) is 0 Å². The molecule has 0 spiro atoms. The predicted octanol–water partition coefficient (Wildman–Crippen LogP) is 2.02. The van der Waals surface area contributed by atoms with Crippen molar-refractivity contribution in [1.29, 1.82) is 0 Å². The maximum atomic E-state index is 13.6. The van der Waals surface area contributed by atoms with E-state index in [9.17, 15) is 13.2 Å². The third-order valence-electron chi connectivity index (χ3n) is 7.11. The highest BCUT2D eigenvalue weighted by Crippen LogP contribution is 2.37. The SMILES string of the molecule is CC1CC(N)C2NC1N1CCC[C@H]1CCCCCC(C(F)(F)F)C1NNC2O1. The molecule has 0 saturated carbocycles. The van der Waals surface area contributed by atoms with Crippen LogP contribution < -0.4 is 21.9 Å². The Bertz CT molecular complexity index is 536. The first-order chi connectivity index (χ1) is 13.3. The Hall–Kier alpha value is -0.450. The van der Waals surface area contributed by atoms with Gasteiger partial charge in [0.2, 0.25) is 0 Å². The summed E-state index contributed by atoms with van der Waals surface area (Å²) in [4.78, 5) is 2.58. The molecule has 4 fully saturated rings. The predicted molar refractivity (Wildman–Crippen MR) is 99.8 cm³/mol. The summed E-state index contributed by atoms with van der Waals surface area (Å²) in [7, 11) is 0. The smallest absolute Gasteiger partial charge is 0.340 e. The van der Waals surface area contributed by atoms with Gasteiger partial charge in [-0.1, -0.05) is 26.2 Å². The largest absolute Gasteiger partial charge is 0.395 e. The molecule has 0 aliphatic carbocycles. The van der Waals surface area contributed by atoms with E-state index in [1.54, 1.807) is 0 Å². The van der Waals surface area contributed by atoms with Crippen LogP contribution in [0.5, 0.6) is 0 Å². The maximum Gasteiger partial charge on any atom is 0.395 e. The molecule has 4 aliphatic rings. The Morgan fingerprint density at radius 2 is 1.71 bits per heavy atom. The lowest BCUT2D eigenvalue weighted by Gasteiger charge is -2.47. The number of halogens is 3. The number of nitrogens with two attached hydrogens (primary N) is 1. The van der Waals surface area contributed by atoms with Crippen molar-refractivity contribution < 1.29 is 17.9 Å². The van der Waals surface area contributed by atoms with Crippen molar-refractivity contribution in [2.75, 3.05) is 6.54 Å². The summed E-state index contributed by atoms with van der Waals surface area (Å²) in [6.07, 6.45) is 1.02. The molecule has 162 valence electrons. The molecule has 4 aliphatic heterocycles. The van der Waals surface area contributed by atoms with E-state index >= 15 is 0 Å². The third kappa shape index (κ3) is 4.20. The minimum Gasteiger partial charge on any atom is -0.340 e. The van der Waals surface area contributed by atoms with E-state index in [0.29, 0.717) is 18.4 Å². The van der Waals surface area contributed by atoms with Crippen molar-refractivity contribution in [2.45, 2.75) is 101 Å². The van der Waals surface area contributed by atoms with Gasteiger partial charge in [-0.25, -0.2) is 10.9 Å². The van der Waals surface area contributed by atoms with Gasteiger partial charge in [0.1, 0.15) is 12.5 Å². The molecular weight excluding hydrogens is 371 g/mol. The third-order valence-corrected chi connectivity index (χ3v) is 7.11. The first-order valence-electron chi connectivity index (χ1n) is 10.8. The number of ether oxygens (including phenoxy) is 1. The maximum absolute atomic E-state index is 13.6. The summed E-state index contributed by atoms with van der Waals surface area (Å²) in [5, 5.41) is 3.65. The Balaban J connectivity index is 1.56. The van der Waals surface area contributed by atoms with Gasteiger partial charge in [0.15, 0.2) is 0 Å². The van der Waals surface area contributed by atoms with Gasteiger partial charge in [0.05, 0.1) is 18.1 Å². The van der Waals surface area contributed by atoms with Crippen molar-refractivity contribution in [2.24, 2.45) is 17.6 Å². The lowest BCUT2D eigenvalue weighted by Crippen LogP contribution is -2.68. The molecule has 0 amide bonds. The summed E-state index contributed by atoms with van der Waals surface area (Å²) in [6.45, 7) is 3.29. The fourth-order valence-electron chi connectivity index (χ4n) is 5.63. The first kappa shape index (κ1) is 20.8. The molecule has 9 heteroatoms. The Labute approximate surface area is 165 Å². The molecule has 5 N–H and O–H groups in total. The van der Waals surface area contributed by atoms with Gasteiger partial charge < -0.3 is 10.5 Å². The average molecular weight is 406 g/mol. The highest BCUT2D eigenvalue weighted by Gasteiger charge is 2.50. The van der Waals surface area contributed by atoms with Crippen LogP contribution in [-0.4, -0.2) is 54.4 Å². The van der Waals surface area contributed by atoms with Gasteiger partial charge in [-0.15, -0.1) is 0 Å². The van der Waals surface area contributed by atoms with E-state index in [1.807, 2.05) is 0 Å². The normalized spacial score (nSPS) is 46.2. The number of piperidine rings is 1. The fraction of sp³-hybridized carbons (Fsp3) is 1.00. The van der Waals surface area contributed by atoms with Crippen LogP contribution in [-0.2, 0) is 4.74 Å². The van der Waals surface area contributed by atoms with Crippen LogP contribution in [0.1, 0.15) is 58.3 Å². The van der Waals surface area contributed by atoms with Gasteiger partial charge in [0.25, 0.3) is 0 Å². The van der Waals surface area contributed by atoms with E-state index in [-0.39, 0.29) is 24.7 Å². The van der Waals surface area contributed by atoms with E-state index in [4.69, 9.17) is 10.5 Å². The average Bonchev–Trinajstić information content (AvgIpc) is 3.26. The second kappa shape index (κ2) is 8.35. The van der Waals surface area contributed by atoms with Crippen LogP contribution in [0.2, 0.25) is 0 Å². The molecule has 0 aromatic carbocycles. The molecule has 0 aromatic rings. The standard InChI is InChI=1S/C19H34F3N5O/c1-11-10-14(23)15-18-26-25-17(28-18)13(19(20,21)22)8-4-2-3-6-12-7-5-9-27(12)16(11)24-15/h11-18,24-26H,2-10,23H2,1H3/t11?,12-,13?,14?,15?,16?,17?,18?/m1/s1. The molecule has 4 rings (SSSR count). The van der Waals surface area contributed by atoms with Gasteiger partial charge in [-0.05, 0) is 44.6 Å². The molecular formula is C19H34F3N5O. The Morgan fingerprint density at radius 1 is 1.00 bits per heavy atom. The fourth-order valence-corrected chi connectivity index (χ4v) is 5.63. The van der Waals surface area contributed by atoms with Crippen molar-refractivity contribution in [1.82, 2.24) is 21.1 Å². The molecule has 4 heterocycles. The second-order valence-electron chi connectivity index (χ2n) is 9.10. The zero-order chi connectivity index (χ0) is 19.9. The zero-order valence-electron chi connectivity index (χ0n) is 16.5. The topological polar surface area (TPSA) is 74.6 Å². The number of hydrazine groups is 1. The summed E-state index contributed by atoms with van der Waals surface area (Å²) in [5.41, 5.74) is 12.1. The van der Waals surface area contributed by atoms with Crippen molar-refractivity contribution >= 4 is 0 Å². The molecule has 0 radical (unpaired) electrons. The Morgan fingerprint density at radius 3 is 2.50 bits per heavy atom. The number of hydrogen-bond acceptors (Lipinski definition) is 6. The Kier molecular flexibility index (Phi) is 6.21. The monoisotopic (exact) mass is 405 g/mol. The van der Waals surface area contributed by atoms with Gasteiger partial charge >= 0.3 is 6.18 Å². The molecule has 6 nitrogen and oxygen atoms in total. The summed E-state index contributed by atoms with van der Waals surface area (Å²) in [5.74, 6) is -1.11. The lowest BCUT2D eigenvalue weighted by atomic mass is 9.87. The number of alkyl halides is 3. The van der Waals surface area contributed by atoms with Gasteiger partial charge in [-0.3, -0.25) is 10.2 Å². The quantitative estimate of drug-likeness (QED) is 0.494. The molecule has 28 heavy (non-hydrogen) atoms. The van der Waals surface area contributed by atoms with E-state index in [2.05, 4.69) is 28.0 Å². The highest BCUT2D eigenvalue weighted by atomic mass is 19.4. The van der Waals surface area contributed by atoms with E-state index in [1.165, 1.54) is 12.8 Å². The van der Waals surface area contributed by atoms with Crippen LogP contribution in [0, 0.1) is 11.8 Å². The lowest BCUT2D eigenvalue weighted by molar-refractivity contribution is -0.211. The van der Waals surface area contributed by atoms with Gasteiger partial charge in [0, 0.05) is 12.1 Å². The summed E-state index contributed by atoms with van der Waals surface area (Å²) < 4.78 is 46.7. The molecule has 4 saturated heterocycles. The minimum atomic E-state index is -4.29. The second-order valence-corrected chi connectivity index (χ2v) is 9.10. The molecule has 7 unspecified atom stereocenters. The van der Waals surface area contributed by atoms with E-state index in [0.717, 1.165) is 32.2 Å². The molecule has 4 bridgehead atoms. The first-order valence-corrected chi connectivity index (χ1v) is 10.8. The van der Waals surface area contributed by atoms with E-state index < -0.39 is 24.6 Å². The number of nitrogens with one attached hydrogen (secondary N) is 3. The summed E-state index contributed by atoms with van der Waals surface area (Å²) >= 11 is 0. The minimum absolute atomic E-state index is 0.0910. The highest BCUT2D eigenvalue weighted by molar-refractivity contribution is 4.99.